The van der Waals surface area contributed by atoms with Gasteiger partial charge in [-0.15, -0.1) is 0 Å². The predicted octanol–water partition coefficient (Wildman–Crippen LogP) is 2.87. The van der Waals surface area contributed by atoms with Crippen LogP contribution in [-0.2, 0) is 0 Å². The van der Waals surface area contributed by atoms with Gasteiger partial charge < -0.3 is 9.84 Å². The van der Waals surface area contributed by atoms with E-state index in [2.05, 4.69) is 6.07 Å². The van der Waals surface area contributed by atoms with Crippen molar-refractivity contribution in [3.8, 4) is 22.6 Å². The van der Waals surface area contributed by atoms with Crippen LogP contribution in [0.3, 0.4) is 0 Å². The SMILES string of the molecule is COc1ccc[c]c1-c1cccc(O)c1. The van der Waals surface area contributed by atoms with Crippen molar-refractivity contribution < 1.29 is 9.84 Å². The standard InChI is InChI=1S/C13H11O2/c1-15-13-8-3-2-7-12(13)10-5-4-6-11(14)9-10/h2-6,8-9,14H,1H3. The van der Waals surface area contributed by atoms with Crippen molar-refractivity contribution in [3.05, 3.63) is 48.5 Å². The van der Waals surface area contributed by atoms with Crippen LogP contribution in [0.25, 0.3) is 11.1 Å². The first-order chi connectivity index (χ1) is 7.31. The van der Waals surface area contributed by atoms with Crippen LogP contribution in [0.1, 0.15) is 0 Å². The Kier molecular flexibility index (Phi) is 2.59. The van der Waals surface area contributed by atoms with Gasteiger partial charge in [-0.3, -0.25) is 0 Å². The summed E-state index contributed by atoms with van der Waals surface area (Å²) >= 11 is 0. The maximum Gasteiger partial charge on any atom is 0.127 e. The Morgan fingerprint density at radius 2 is 2.07 bits per heavy atom. The number of aromatic hydroxyl groups is 1. The first-order valence-electron chi connectivity index (χ1n) is 4.65. The minimum absolute atomic E-state index is 0.242. The molecule has 0 saturated heterocycles. The molecule has 0 atom stereocenters. The van der Waals surface area contributed by atoms with Crippen molar-refractivity contribution in [1.29, 1.82) is 0 Å². The lowest BCUT2D eigenvalue weighted by Crippen LogP contribution is -1.87. The van der Waals surface area contributed by atoms with Crippen molar-refractivity contribution in [2.24, 2.45) is 0 Å². The van der Waals surface area contributed by atoms with E-state index in [1.54, 1.807) is 25.3 Å². The van der Waals surface area contributed by atoms with E-state index in [4.69, 9.17) is 4.74 Å². The average Bonchev–Trinajstić information content (AvgIpc) is 2.29. The summed E-state index contributed by atoms with van der Waals surface area (Å²) in [6, 6.07) is 15.7. The molecule has 0 bridgehead atoms. The number of methoxy groups -OCH3 is 1. The van der Waals surface area contributed by atoms with Gasteiger partial charge in [0.15, 0.2) is 0 Å². The minimum Gasteiger partial charge on any atom is -0.508 e. The van der Waals surface area contributed by atoms with Gasteiger partial charge in [-0.2, -0.15) is 0 Å². The third-order valence-corrected chi connectivity index (χ3v) is 2.17. The molecule has 2 heteroatoms. The molecule has 0 amide bonds. The quantitative estimate of drug-likeness (QED) is 0.805. The van der Waals surface area contributed by atoms with E-state index < -0.39 is 0 Å². The fraction of sp³-hybridized carbons (Fsp3) is 0.0769. The first kappa shape index (κ1) is 9.59. The lowest BCUT2D eigenvalue weighted by molar-refractivity contribution is 0.416. The molecular weight excluding hydrogens is 188 g/mol. The van der Waals surface area contributed by atoms with E-state index in [0.29, 0.717) is 0 Å². The maximum absolute atomic E-state index is 9.38. The molecule has 2 rings (SSSR count). The number of hydrogen-bond donors (Lipinski definition) is 1. The highest BCUT2D eigenvalue weighted by Gasteiger charge is 2.04. The lowest BCUT2D eigenvalue weighted by Gasteiger charge is -2.07. The van der Waals surface area contributed by atoms with Crippen molar-refractivity contribution >= 4 is 0 Å². The fourth-order valence-corrected chi connectivity index (χ4v) is 1.48. The smallest absolute Gasteiger partial charge is 0.127 e. The van der Waals surface area contributed by atoms with Crippen LogP contribution in [0, 0.1) is 6.07 Å². The third kappa shape index (κ3) is 1.94. The summed E-state index contributed by atoms with van der Waals surface area (Å²) in [5.74, 6) is 0.995. The normalized spacial score (nSPS) is 9.93. The van der Waals surface area contributed by atoms with Crippen LogP contribution in [-0.4, -0.2) is 12.2 Å². The number of hydrogen-bond acceptors (Lipinski definition) is 2. The topological polar surface area (TPSA) is 29.5 Å². The molecule has 0 aliphatic heterocycles. The second-order valence-corrected chi connectivity index (χ2v) is 3.16. The molecule has 0 unspecified atom stereocenters. The maximum atomic E-state index is 9.38. The summed E-state index contributed by atoms with van der Waals surface area (Å²) in [5, 5.41) is 9.38. The zero-order valence-electron chi connectivity index (χ0n) is 8.40. The Bertz CT molecular complexity index is 464. The van der Waals surface area contributed by atoms with Crippen LogP contribution in [0.5, 0.6) is 11.5 Å². The van der Waals surface area contributed by atoms with Gasteiger partial charge in [0.1, 0.15) is 11.5 Å². The molecule has 0 fully saturated rings. The van der Waals surface area contributed by atoms with Crippen molar-refractivity contribution in [3.63, 3.8) is 0 Å². The molecule has 2 aromatic carbocycles. The molecule has 2 nitrogen and oxygen atoms in total. The van der Waals surface area contributed by atoms with Crippen molar-refractivity contribution in [2.45, 2.75) is 0 Å². The van der Waals surface area contributed by atoms with Gasteiger partial charge in [-0.05, 0) is 29.8 Å². The van der Waals surface area contributed by atoms with Gasteiger partial charge in [-0.1, -0.05) is 24.3 Å². The summed E-state index contributed by atoms with van der Waals surface area (Å²) in [6.45, 7) is 0. The van der Waals surface area contributed by atoms with E-state index in [1.807, 2.05) is 24.3 Å². The second kappa shape index (κ2) is 4.05. The van der Waals surface area contributed by atoms with E-state index in [-0.39, 0.29) is 5.75 Å². The number of rotatable bonds is 2. The Balaban J connectivity index is 2.53. The van der Waals surface area contributed by atoms with Crippen LogP contribution < -0.4 is 4.74 Å². The van der Waals surface area contributed by atoms with E-state index >= 15 is 0 Å². The summed E-state index contributed by atoms with van der Waals surface area (Å²) in [5.41, 5.74) is 1.75. The molecule has 75 valence electrons. The number of phenols is 1. The lowest BCUT2D eigenvalue weighted by atomic mass is 10.0. The highest BCUT2D eigenvalue weighted by Crippen LogP contribution is 2.30. The molecule has 1 N–H and O–H groups in total. The molecule has 0 aliphatic carbocycles. The summed E-state index contributed by atoms with van der Waals surface area (Å²) in [4.78, 5) is 0. The molecule has 0 saturated carbocycles. The average molecular weight is 199 g/mol. The van der Waals surface area contributed by atoms with Gasteiger partial charge in [0.25, 0.3) is 0 Å². The molecule has 1 radical (unpaired) electrons. The molecule has 0 aromatic heterocycles. The first-order valence-corrected chi connectivity index (χ1v) is 4.65. The Hall–Kier alpha value is -1.96. The molecule has 0 aliphatic rings. The van der Waals surface area contributed by atoms with Crippen molar-refractivity contribution in [1.82, 2.24) is 0 Å². The molecule has 0 heterocycles. The van der Waals surface area contributed by atoms with Crippen LogP contribution in [0.15, 0.2) is 42.5 Å². The number of benzene rings is 2. The van der Waals surface area contributed by atoms with Crippen LogP contribution >= 0.6 is 0 Å². The van der Waals surface area contributed by atoms with E-state index in [1.165, 1.54) is 0 Å². The monoisotopic (exact) mass is 199 g/mol. The second-order valence-electron chi connectivity index (χ2n) is 3.16. The summed E-state index contributed by atoms with van der Waals surface area (Å²) in [6.07, 6.45) is 0. The highest BCUT2D eigenvalue weighted by atomic mass is 16.5. The molecule has 0 spiro atoms. The Labute approximate surface area is 88.8 Å². The Morgan fingerprint density at radius 3 is 2.80 bits per heavy atom. The zero-order valence-corrected chi connectivity index (χ0v) is 8.40. The number of ether oxygens (including phenoxy) is 1. The van der Waals surface area contributed by atoms with Crippen molar-refractivity contribution in [2.75, 3.05) is 7.11 Å². The third-order valence-electron chi connectivity index (χ3n) is 2.17. The van der Waals surface area contributed by atoms with Gasteiger partial charge in [-0.25, -0.2) is 0 Å². The Morgan fingerprint density at radius 1 is 1.20 bits per heavy atom. The van der Waals surface area contributed by atoms with Gasteiger partial charge in [0, 0.05) is 5.56 Å². The summed E-state index contributed by atoms with van der Waals surface area (Å²) in [7, 11) is 1.62. The largest absolute Gasteiger partial charge is 0.508 e. The fourth-order valence-electron chi connectivity index (χ4n) is 1.48. The van der Waals surface area contributed by atoms with Gasteiger partial charge in [0.2, 0.25) is 0 Å². The van der Waals surface area contributed by atoms with E-state index in [9.17, 15) is 5.11 Å². The predicted molar refractivity (Wildman–Crippen MR) is 58.9 cm³/mol. The summed E-state index contributed by atoms with van der Waals surface area (Å²) < 4.78 is 5.23. The van der Waals surface area contributed by atoms with Crippen LogP contribution in [0.4, 0.5) is 0 Å². The van der Waals surface area contributed by atoms with Gasteiger partial charge in [0.05, 0.1) is 7.11 Å². The zero-order chi connectivity index (χ0) is 10.7. The molecule has 15 heavy (non-hydrogen) atoms. The minimum atomic E-state index is 0.242. The molecule has 2 aromatic rings. The van der Waals surface area contributed by atoms with E-state index in [0.717, 1.165) is 16.9 Å². The van der Waals surface area contributed by atoms with Crippen LogP contribution in [0.2, 0.25) is 0 Å². The van der Waals surface area contributed by atoms with Gasteiger partial charge >= 0.3 is 0 Å². The number of phenolic OH excluding ortho intramolecular Hbond substituents is 1. The molecular formula is C13H11O2. The highest BCUT2D eigenvalue weighted by molar-refractivity contribution is 5.70.